The zero-order valence-corrected chi connectivity index (χ0v) is 11.5. The number of nitrogens with zero attached hydrogens (tertiary/aromatic N) is 1. The summed E-state index contributed by atoms with van der Waals surface area (Å²) in [5, 5.41) is 8.59. The largest absolute Gasteiger partial charge is 0.493 e. The molecule has 0 unspecified atom stereocenters. The van der Waals surface area contributed by atoms with Crippen LogP contribution in [-0.2, 0) is 6.18 Å². The van der Waals surface area contributed by atoms with Crippen molar-refractivity contribution in [2.45, 2.75) is 6.18 Å². The van der Waals surface area contributed by atoms with Gasteiger partial charge in [-0.25, -0.2) is 8.78 Å². The molecule has 23 heavy (non-hydrogen) atoms. The first-order chi connectivity index (χ1) is 10.8. The van der Waals surface area contributed by atoms with E-state index in [0.29, 0.717) is 18.2 Å². The Morgan fingerprint density at radius 1 is 0.957 bits per heavy atom. The number of hydrogen-bond donors (Lipinski definition) is 0. The number of hydrogen-bond acceptors (Lipinski definition) is 3. The van der Waals surface area contributed by atoms with Crippen LogP contribution in [0.1, 0.15) is 11.1 Å². The van der Waals surface area contributed by atoms with Crippen LogP contribution >= 0.6 is 0 Å². The fourth-order valence-electron chi connectivity index (χ4n) is 1.74. The minimum absolute atomic E-state index is 0.233. The molecule has 8 heteroatoms. The van der Waals surface area contributed by atoms with Gasteiger partial charge in [0.15, 0.2) is 23.1 Å². The number of rotatable bonds is 3. The van der Waals surface area contributed by atoms with Crippen LogP contribution in [0.4, 0.5) is 22.0 Å². The van der Waals surface area contributed by atoms with Crippen molar-refractivity contribution in [1.82, 2.24) is 0 Å². The van der Waals surface area contributed by atoms with E-state index in [9.17, 15) is 22.0 Å². The average Bonchev–Trinajstić information content (AvgIpc) is 2.49. The molecule has 0 amide bonds. The van der Waals surface area contributed by atoms with Crippen LogP contribution in [0.2, 0.25) is 0 Å². The summed E-state index contributed by atoms with van der Waals surface area (Å²) in [5.41, 5.74) is -1.50. The van der Waals surface area contributed by atoms with Gasteiger partial charge in [0.1, 0.15) is 11.9 Å². The van der Waals surface area contributed by atoms with Gasteiger partial charge < -0.3 is 9.47 Å². The van der Waals surface area contributed by atoms with Crippen molar-refractivity contribution >= 4 is 0 Å². The molecule has 0 aliphatic rings. The predicted octanol–water partition coefficient (Wildman–Crippen LogP) is 4.66. The second kappa shape index (κ2) is 6.12. The minimum Gasteiger partial charge on any atom is -0.493 e. The summed E-state index contributed by atoms with van der Waals surface area (Å²) in [4.78, 5) is 0. The van der Waals surface area contributed by atoms with Crippen LogP contribution in [-0.4, -0.2) is 7.11 Å². The van der Waals surface area contributed by atoms with E-state index in [-0.39, 0.29) is 11.5 Å². The van der Waals surface area contributed by atoms with E-state index in [4.69, 9.17) is 14.7 Å². The maximum Gasteiger partial charge on any atom is 0.416 e. The van der Waals surface area contributed by atoms with Crippen LogP contribution < -0.4 is 9.47 Å². The second-order valence-corrected chi connectivity index (χ2v) is 4.34. The third-order valence-corrected chi connectivity index (χ3v) is 2.85. The molecule has 0 saturated heterocycles. The Balaban J connectivity index is 2.41. The first-order valence-corrected chi connectivity index (χ1v) is 6.08. The minimum atomic E-state index is -4.59. The standard InChI is InChI=1S/C15H8F5NO2/c1-22-14-5-9(15(18,19)20)2-3-12(14)23-13-6-10(16)8(7-21)4-11(13)17/h2-6H,1H3. The summed E-state index contributed by atoms with van der Waals surface area (Å²) < 4.78 is 74.9. The molecule has 0 spiro atoms. The molecule has 0 aromatic heterocycles. The maximum absolute atomic E-state index is 13.7. The summed E-state index contributed by atoms with van der Waals surface area (Å²) in [6.07, 6.45) is -4.59. The van der Waals surface area contributed by atoms with Crippen LogP contribution in [0.3, 0.4) is 0 Å². The monoisotopic (exact) mass is 329 g/mol. The zero-order valence-electron chi connectivity index (χ0n) is 11.5. The van der Waals surface area contributed by atoms with Crippen molar-refractivity contribution < 1.29 is 31.4 Å². The van der Waals surface area contributed by atoms with Crippen molar-refractivity contribution in [3.63, 3.8) is 0 Å². The normalized spacial score (nSPS) is 11.0. The Kier molecular flexibility index (Phi) is 4.40. The molecule has 2 rings (SSSR count). The van der Waals surface area contributed by atoms with E-state index < -0.39 is 34.7 Å². The Labute approximate surface area is 127 Å². The second-order valence-electron chi connectivity index (χ2n) is 4.34. The third kappa shape index (κ3) is 3.51. The van der Waals surface area contributed by atoms with Crippen LogP contribution in [0, 0.1) is 23.0 Å². The molecule has 2 aromatic carbocycles. The van der Waals surface area contributed by atoms with Crippen molar-refractivity contribution in [2.75, 3.05) is 7.11 Å². The van der Waals surface area contributed by atoms with E-state index in [2.05, 4.69) is 0 Å². The average molecular weight is 329 g/mol. The van der Waals surface area contributed by atoms with Gasteiger partial charge in [0.2, 0.25) is 0 Å². The van der Waals surface area contributed by atoms with E-state index >= 15 is 0 Å². The molecular formula is C15H8F5NO2. The number of methoxy groups -OCH3 is 1. The molecule has 0 heterocycles. The highest BCUT2D eigenvalue weighted by Crippen LogP contribution is 2.38. The van der Waals surface area contributed by atoms with Gasteiger partial charge in [0.25, 0.3) is 0 Å². The van der Waals surface area contributed by atoms with Gasteiger partial charge in [-0.05, 0) is 24.3 Å². The summed E-state index contributed by atoms with van der Waals surface area (Å²) in [6.45, 7) is 0. The first-order valence-electron chi connectivity index (χ1n) is 6.08. The fourth-order valence-corrected chi connectivity index (χ4v) is 1.74. The van der Waals surface area contributed by atoms with Crippen LogP contribution in [0.15, 0.2) is 30.3 Å². The Hall–Kier alpha value is -2.82. The smallest absolute Gasteiger partial charge is 0.416 e. The van der Waals surface area contributed by atoms with Gasteiger partial charge in [-0.3, -0.25) is 0 Å². The molecular weight excluding hydrogens is 321 g/mol. The van der Waals surface area contributed by atoms with E-state index in [0.717, 1.165) is 19.2 Å². The van der Waals surface area contributed by atoms with Gasteiger partial charge in [0.05, 0.1) is 18.2 Å². The molecule has 0 fully saturated rings. The molecule has 2 aromatic rings. The van der Waals surface area contributed by atoms with Gasteiger partial charge in [-0.2, -0.15) is 18.4 Å². The summed E-state index contributed by atoms with van der Waals surface area (Å²) >= 11 is 0. The lowest BCUT2D eigenvalue weighted by atomic mass is 10.2. The Morgan fingerprint density at radius 3 is 2.22 bits per heavy atom. The van der Waals surface area contributed by atoms with E-state index in [1.807, 2.05) is 0 Å². The fraction of sp³-hybridized carbons (Fsp3) is 0.133. The molecule has 0 radical (unpaired) electrons. The molecule has 3 nitrogen and oxygen atoms in total. The van der Waals surface area contributed by atoms with Crippen molar-refractivity contribution in [3.8, 4) is 23.3 Å². The van der Waals surface area contributed by atoms with Gasteiger partial charge >= 0.3 is 6.18 Å². The number of alkyl halides is 3. The molecule has 0 aliphatic carbocycles. The lowest BCUT2D eigenvalue weighted by Crippen LogP contribution is -2.05. The SMILES string of the molecule is COc1cc(C(F)(F)F)ccc1Oc1cc(F)c(C#N)cc1F. The number of ether oxygens (including phenoxy) is 2. The van der Waals surface area contributed by atoms with Gasteiger partial charge in [-0.1, -0.05) is 0 Å². The molecule has 0 saturated carbocycles. The molecule has 0 aliphatic heterocycles. The van der Waals surface area contributed by atoms with Gasteiger partial charge in [0, 0.05) is 6.07 Å². The highest BCUT2D eigenvalue weighted by molar-refractivity contribution is 5.47. The lowest BCUT2D eigenvalue weighted by Gasteiger charge is -2.14. The van der Waals surface area contributed by atoms with E-state index in [1.165, 1.54) is 6.07 Å². The number of halogens is 5. The number of nitriles is 1. The summed E-state index contributed by atoms with van der Waals surface area (Å²) in [6, 6.07) is 5.03. The highest BCUT2D eigenvalue weighted by atomic mass is 19.4. The molecule has 0 atom stereocenters. The Morgan fingerprint density at radius 2 is 1.65 bits per heavy atom. The first kappa shape index (κ1) is 16.5. The maximum atomic E-state index is 13.7. The summed E-state index contributed by atoms with van der Waals surface area (Å²) in [5.74, 6) is -3.17. The number of benzene rings is 2. The van der Waals surface area contributed by atoms with Crippen molar-refractivity contribution in [1.29, 1.82) is 5.26 Å². The molecule has 0 N–H and O–H groups in total. The lowest BCUT2D eigenvalue weighted by molar-refractivity contribution is -0.137. The summed E-state index contributed by atoms with van der Waals surface area (Å²) in [7, 11) is 1.11. The molecule has 0 bridgehead atoms. The van der Waals surface area contributed by atoms with Gasteiger partial charge in [-0.15, -0.1) is 0 Å². The third-order valence-electron chi connectivity index (χ3n) is 2.85. The van der Waals surface area contributed by atoms with Crippen LogP contribution in [0.5, 0.6) is 17.2 Å². The quantitative estimate of drug-likeness (QED) is 0.769. The van der Waals surface area contributed by atoms with Crippen LogP contribution in [0.25, 0.3) is 0 Å². The van der Waals surface area contributed by atoms with Crippen molar-refractivity contribution in [3.05, 3.63) is 53.1 Å². The van der Waals surface area contributed by atoms with Crippen molar-refractivity contribution in [2.24, 2.45) is 0 Å². The molecule has 120 valence electrons. The van der Waals surface area contributed by atoms with E-state index in [1.54, 1.807) is 0 Å². The zero-order chi connectivity index (χ0) is 17.2. The topological polar surface area (TPSA) is 42.2 Å². The predicted molar refractivity (Wildman–Crippen MR) is 69.1 cm³/mol. The highest BCUT2D eigenvalue weighted by Gasteiger charge is 2.31. The Bertz CT molecular complexity index is 781.